The second-order valence-corrected chi connectivity index (χ2v) is 7.86. The normalized spacial score (nSPS) is 10.8. The van der Waals surface area contributed by atoms with Crippen LogP contribution in [0.3, 0.4) is 0 Å². The molecule has 0 unspecified atom stereocenters. The van der Waals surface area contributed by atoms with E-state index in [1.54, 1.807) is 4.68 Å². The summed E-state index contributed by atoms with van der Waals surface area (Å²) in [5, 5.41) is 4.26. The van der Waals surface area contributed by atoms with E-state index in [4.69, 9.17) is 4.74 Å². The number of nitrogens with zero attached hydrogens (tertiary/aromatic N) is 2. The molecule has 4 nitrogen and oxygen atoms in total. The second-order valence-electron chi connectivity index (χ2n) is 7.86. The summed E-state index contributed by atoms with van der Waals surface area (Å²) in [7, 11) is 1.89. The van der Waals surface area contributed by atoms with Gasteiger partial charge in [0.2, 0.25) is 0 Å². The average Bonchev–Trinajstić information content (AvgIpc) is 3.21. The molecule has 4 aromatic rings. The molecule has 0 saturated carbocycles. The Balaban J connectivity index is 1.67. The number of aromatic nitrogens is 2. The molecule has 0 atom stereocenters. The highest BCUT2D eigenvalue weighted by molar-refractivity contribution is 6.00. The summed E-state index contributed by atoms with van der Waals surface area (Å²) in [4.78, 5) is 13.3. The minimum absolute atomic E-state index is 0.0539. The first kappa shape index (κ1) is 20.6. The van der Waals surface area contributed by atoms with Crippen LogP contribution in [0.4, 0.5) is 0 Å². The van der Waals surface area contributed by atoms with Crippen LogP contribution in [0.25, 0.3) is 11.1 Å². The summed E-state index contributed by atoms with van der Waals surface area (Å²) in [5.74, 6) is 0.652. The van der Waals surface area contributed by atoms with Gasteiger partial charge in [0.1, 0.15) is 12.4 Å². The molecular formula is C27H26N2O2. The Morgan fingerprint density at radius 3 is 2.35 bits per heavy atom. The van der Waals surface area contributed by atoms with E-state index in [0.717, 1.165) is 33.4 Å². The molecule has 0 fully saturated rings. The number of hydrogen-bond donors (Lipinski definition) is 0. The highest BCUT2D eigenvalue weighted by Crippen LogP contribution is 2.29. The molecule has 4 heteroatoms. The molecule has 0 radical (unpaired) electrons. The highest BCUT2D eigenvalue weighted by Gasteiger charge is 2.17. The van der Waals surface area contributed by atoms with Crippen molar-refractivity contribution in [2.75, 3.05) is 0 Å². The summed E-state index contributed by atoms with van der Waals surface area (Å²) >= 11 is 0. The number of hydrogen-bond acceptors (Lipinski definition) is 3. The quantitative estimate of drug-likeness (QED) is 0.367. The van der Waals surface area contributed by atoms with E-state index in [1.807, 2.05) is 100 Å². The van der Waals surface area contributed by atoms with E-state index in [-0.39, 0.29) is 5.78 Å². The van der Waals surface area contributed by atoms with Crippen molar-refractivity contribution in [3.8, 4) is 16.9 Å². The van der Waals surface area contributed by atoms with Crippen LogP contribution >= 0.6 is 0 Å². The van der Waals surface area contributed by atoms with E-state index in [2.05, 4.69) is 5.10 Å². The first-order valence-electron chi connectivity index (χ1n) is 10.4. The molecule has 0 aliphatic heterocycles. The van der Waals surface area contributed by atoms with Crippen molar-refractivity contribution in [2.45, 2.75) is 26.9 Å². The number of rotatable bonds is 7. The zero-order chi connectivity index (χ0) is 21.8. The van der Waals surface area contributed by atoms with E-state index >= 15 is 0 Å². The SMILES string of the molecule is Cc1cccc(C)c1CC(=O)c1ccc(-c2cnn(C)c2)cc1OCc1ccccc1. The Bertz CT molecular complexity index is 1190. The Labute approximate surface area is 183 Å². The molecule has 31 heavy (non-hydrogen) atoms. The Morgan fingerprint density at radius 2 is 1.68 bits per heavy atom. The van der Waals surface area contributed by atoms with Crippen molar-refractivity contribution in [1.29, 1.82) is 0 Å². The molecule has 1 heterocycles. The maximum absolute atomic E-state index is 13.3. The third kappa shape index (κ3) is 4.75. The molecule has 3 aromatic carbocycles. The van der Waals surface area contributed by atoms with Gasteiger partial charge < -0.3 is 4.74 Å². The van der Waals surface area contributed by atoms with E-state index in [9.17, 15) is 4.79 Å². The van der Waals surface area contributed by atoms with Crippen molar-refractivity contribution < 1.29 is 9.53 Å². The fourth-order valence-electron chi connectivity index (χ4n) is 3.74. The topological polar surface area (TPSA) is 44.1 Å². The molecule has 0 aliphatic rings. The number of ketones is 1. The Morgan fingerprint density at radius 1 is 0.935 bits per heavy atom. The lowest BCUT2D eigenvalue weighted by molar-refractivity contribution is 0.0988. The molecule has 0 spiro atoms. The predicted molar refractivity (Wildman–Crippen MR) is 123 cm³/mol. The van der Waals surface area contributed by atoms with Crippen LogP contribution in [0, 0.1) is 13.8 Å². The van der Waals surface area contributed by atoms with E-state index in [0.29, 0.717) is 24.3 Å². The number of benzene rings is 3. The summed E-state index contributed by atoms with van der Waals surface area (Å²) in [6.45, 7) is 4.50. The van der Waals surface area contributed by atoms with Crippen LogP contribution in [0.2, 0.25) is 0 Å². The zero-order valence-electron chi connectivity index (χ0n) is 18.1. The molecule has 0 saturated heterocycles. The van der Waals surface area contributed by atoms with Gasteiger partial charge in [-0.2, -0.15) is 5.10 Å². The first-order valence-corrected chi connectivity index (χ1v) is 10.4. The standard InChI is InChI=1S/C27H26N2O2/c1-19-8-7-9-20(2)25(19)15-26(30)24-13-12-22(23-16-28-29(3)17-23)14-27(24)31-18-21-10-5-4-6-11-21/h4-14,16-17H,15,18H2,1-3H3. The molecule has 0 amide bonds. The van der Waals surface area contributed by atoms with Gasteiger partial charge in [-0.1, -0.05) is 54.6 Å². The average molecular weight is 411 g/mol. The molecule has 4 rings (SSSR count). The maximum atomic E-state index is 13.3. The van der Waals surface area contributed by atoms with Gasteiger partial charge in [0.15, 0.2) is 5.78 Å². The van der Waals surface area contributed by atoms with Gasteiger partial charge in [0, 0.05) is 25.2 Å². The minimum atomic E-state index is 0.0539. The van der Waals surface area contributed by atoms with Crippen molar-refractivity contribution in [2.24, 2.45) is 7.05 Å². The predicted octanol–water partition coefficient (Wildman–Crippen LogP) is 5.71. The summed E-state index contributed by atoms with van der Waals surface area (Å²) in [5.41, 5.74) is 6.96. The number of carbonyl (C=O) groups excluding carboxylic acids is 1. The lowest BCUT2D eigenvalue weighted by Gasteiger charge is -2.14. The molecule has 156 valence electrons. The van der Waals surface area contributed by atoms with Gasteiger partial charge in [0.05, 0.1) is 11.8 Å². The lowest BCUT2D eigenvalue weighted by atomic mass is 9.94. The third-order valence-electron chi connectivity index (χ3n) is 5.54. The number of ether oxygens (including phenoxy) is 1. The van der Waals surface area contributed by atoms with Crippen LogP contribution in [0.15, 0.2) is 79.1 Å². The van der Waals surface area contributed by atoms with Crippen LogP contribution < -0.4 is 4.74 Å². The van der Waals surface area contributed by atoms with Crippen LogP contribution in [-0.4, -0.2) is 15.6 Å². The van der Waals surface area contributed by atoms with Gasteiger partial charge in [-0.05, 0) is 53.8 Å². The van der Waals surface area contributed by atoms with Gasteiger partial charge in [0.25, 0.3) is 0 Å². The van der Waals surface area contributed by atoms with Crippen LogP contribution in [0.1, 0.15) is 32.6 Å². The molecule has 0 N–H and O–H groups in total. The van der Waals surface area contributed by atoms with Gasteiger partial charge in [-0.15, -0.1) is 0 Å². The zero-order valence-corrected chi connectivity index (χ0v) is 18.1. The Kier molecular flexibility index (Phi) is 5.99. The third-order valence-corrected chi connectivity index (χ3v) is 5.54. The van der Waals surface area contributed by atoms with Crippen LogP contribution in [-0.2, 0) is 20.1 Å². The molecule has 0 bridgehead atoms. The van der Waals surface area contributed by atoms with Crippen molar-refractivity contribution in [3.63, 3.8) is 0 Å². The number of carbonyl (C=O) groups is 1. The van der Waals surface area contributed by atoms with Gasteiger partial charge in [-0.3, -0.25) is 9.48 Å². The van der Waals surface area contributed by atoms with Crippen LogP contribution in [0.5, 0.6) is 5.75 Å². The molecular weight excluding hydrogens is 384 g/mol. The van der Waals surface area contributed by atoms with Crippen molar-refractivity contribution in [1.82, 2.24) is 9.78 Å². The van der Waals surface area contributed by atoms with Crippen molar-refractivity contribution in [3.05, 3.63) is 107 Å². The largest absolute Gasteiger partial charge is 0.488 e. The smallest absolute Gasteiger partial charge is 0.170 e. The summed E-state index contributed by atoms with van der Waals surface area (Å²) in [6, 6.07) is 21.9. The summed E-state index contributed by atoms with van der Waals surface area (Å²) in [6.07, 6.45) is 4.12. The maximum Gasteiger partial charge on any atom is 0.170 e. The van der Waals surface area contributed by atoms with E-state index < -0.39 is 0 Å². The number of Topliss-reactive ketones (excluding diaryl/α,β-unsaturated/α-hetero) is 1. The fourth-order valence-corrected chi connectivity index (χ4v) is 3.74. The minimum Gasteiger partial charge on any atom is -0.488 e. The highest BCUT2D eigenvalue weighted by atomic mass is 16.5. The van der Waals surface area contributed by atoms with Gasteiger partial charge in [-0.25, -0.2) is 0 Å². The first-order chi connectivity index (χ1) is 15.0. The number of aryl methyl sites for hydroxylation is 3. The molecule has 0 aliphatic carbocycles. The summed E-state index contributed by atoms with van der Waals surface area (Å²) < 4.78 is 7.93. The van der Waals surface area contributed by atoms with Gasteiger partial charge >= 0.3 is 0 Å². The molecule has 1 aromatic heterocycles. The van der Waals surface area contributed by atoms with Crippen molar-refractivity contribution >= 4 is 5.78 Å². The monoisotopic (exact) mass is 410 g/mol. The van der Waals surface area contributed by atoms with E-state index in [1.165, 1.54) is 0 Å². The lowest BCUT2D eigenvalue weighted by Crippen LogP contribution is -2.09. The second kappa shape index (κ2) is 9.00. The Hall–Kier alpha value is -3.66. The fraction of sp³-hybridized carbons (Fsp3) is 0.185.